The first-order chi connectivity index (χ1) is 16.0. The summed E-state index contributed by atoms with van der Waals surface area (Å²) in [5.41, 5.74) is 3.31. The van der Waals surface area contributed by atoms with E-state index in [1.165, 1.54) is 17.2 Å². The molecule has 6 nitrogen and oxygen atoms in total. The van der Waals surface area contributed by atoms with Gasteiger partial charge in [0.1, 0.15) is 11.6 Å². The summed E-state index contributed by atoms with van der Waals surface area (Å²) >= 11 is 0. The van der Waals surface area contributed by atoms with Crippen LogP contribution in [0.15, 0.2) is 60.8 Å². The van der Waals surface area contributed by atoms with Crippen molar-refractivity contribution in [1.82, 2.24) is 15.1 Å². The Hall–Kier alpha value is -4.18. The zero-order valence-electron chi connectivity index (χ0n) is 18.0. The molecule has 0 saturated heterocycles. The van der Waals surface area contributed by atoms with E-state index in [1.54, 1.807) is 19.2 Å². The van der Waals surface area contributed by atoms with Gasteiger partial charge in [0, 0.05) is 29.1 Å². The number of nitriles is 1. The number of rotatable bonds is 6. The summed E-state index contributed by atoms with van der Waals surface area (Å²) in [6.07, 6.45) is 3.68. The zero-order valence-corrected chi connectivity index (χ0v) is 18.0. The maximum Gasteiger partial charge on any atom is 0.254 e. The molecule has 7 heteroatoms. The van der Waals surface area contributed by atoms with E-state index >= 15 is 0 Å². The van der Waals surface area contributed by atoms with Gasteiger partial charge in [0.25, 0.3) is 5.91 Å². The molecule has 1 amide bonds. The summed E-state index contributed by atoms with van der Waals surface area (Å²) in [6, 6.07) is 18.5. The Bertz CT molecular complexity index is 1390. The molecule has 1 aromatic heterocycles. The number of nitrogens with one attached hydrogen (secondary N) is 1. The molecule has 1 heterocycles. The first-order valence-corrected chi connectivity index (χ1v) is 10.7. The van der Waals surface area contributed by atoms with E-state index in [0.29, 0.717) is 22.2 Å². The topological polar surface area (TPSA) is 82.0 Å². The lowest BCUT2D eigenvalue weighted by Gasteiger charge is -2.20. The second-order valence-electron chi connectivity index (χ2n) is 8.21. The highest BCUT2D eigenvalue weighted by molar-refractivity contribution is 5.96. The molecule has 1 N–H and O–H groups in total. The Morgan fingerprint density at radius 1 is 1.24 bits per heavy atom. The molecule has 5 rings (SSSR count). The second kappa shape index (κ2) is 8.40. The van der Waals surface area contributed by atoms with Crippen LogP contribution in [0.1, 0.15) is 34.3 Å². The van der Waals surface area contributed by atoms with Crippen molar-refractivity contribution in [3.63, 3.8) is 0 Å². The van der Waals surface area contributed by atoms with Gasteiger partial charge < -0.3 is 9.64 Å². The first-order valence-electron chi connectivity index (χ1n) is 10.7. The molecule has 0 bridgehead atoms. The number of H-pyrrole nitrogens is 1. The van der Waals surface area contributed by atoms with Gasteiger partial charge in [-0.2, -0.15) is 10.4 Å². The molecule has 0 atom stereocenters. The highest BCUT2D eigenvalue weighted by Gasteiger charge is 2.26. The molecule has 1 aliphatic carbocycles. The minimum absolute atomic E-state index is 0.0221. The SMILES string of the molecule is CN(Cc1c(F)cc(C#N)c2cn[nH]c12)C(=O)c1ccc(-c2ccccc2)c(OC2CC2)c1. The van der Waals surface area contributed by atoms with Crippen LogP contribution in [-0.2, 0) is 6.54 Å². The highest BCUT2D eigenvalue weighted by atomic mass is 19.1. The molecule has 0 radical (unpaired) electrons. The summed E-state index contributed by atoms with van der Waals surface area (Å²) < 4.78 is 20.9. The number of benzene rings is 3. The average Bonchev–Trinajstić information content (AvgIpc) is 3.52. The van der Waals surface area contributed by atoms with E-state index < -0.39 is 5.82 Å². The third-order valence-electron chi connectivity index (χ3n) is 5.78. The summed E-state index contributed by atoms with van der Waals surface area (Å²) in [4.78, 5) is 14.7. The van der Waals surface area contributed by atoms with E-state index in [-0.39, 0.29) is 29.7 Å². The third kappa shape index (κ3) is 4.03. The fourth-order valence-corrected chi connectivity index (χ4v) is 3.88. The molecule has 1 aliphatic rings. The normalized spacial score (nSPS) is 13.0. The molecular weight excluding hydrogens is 419 g/mol. The van der Waals surface area contributed by atoms with Crippen molar-refractivity contribution in [3.05, 3.63) is 83.3 Å². The number of hydrogen-bond donors (Lipinski definition) is 1. The van der Waals surface area contributed by atoms with E-state index in [0.717, 1.165) is 24.0 Å². The monoisotopic (exact) mass is 440 g/mol. The molecule has 0 spiro atoms. The van der Waals surface area contributed by atoms with Crippen molar-refractivity contribution in [2.75, 3.05) is 7.05 Å². The fourth-order valence-electron chi connectivity index (χ4n) is 3.88. The van der Waals surface area contributed by atoms with Gasteiger partial charge in [-0.05, 0) is 42.7 Å². The molecule has 1 saturated carbocycles. The van der Waals surface area contributed by atoms with Crippen LogP contribution < -0.4 is 4.74 Å². The number of carbonyl (C=O) groups is 1. The number of fused-ring (bicyclic) bond motifs is 1. The number of halogens is 1. The van der Waals surface area contributed by atoms with Gasteiger partial charge in [-0.1, -0.05) is 30.3 Å². The van der Waals surface area contributed by atoms with Crippen molar-refractivity contribution < 1.29 is 13.9 Å². The smallest absolute Gasteiger partial charge is 0.254 e. The van der Waals surface area contributed by atoms with Crippen LogP contribution in [0.25, 0.3) is 22.0 Å². The van der Waals surface area contributed by atoms with Crippen molar-refractivity contribution in [3.8, 4) is 22.9 Å². The quantitative estimate of drug-likeness (QED) is 0.455. The van der Waals surface area contributed by atoms with Gasteiger partial charge in [0.2, 0.25) is 0 Å². The molecule has 33 heavy (non-hydrogen) atoms. The minimum atomic E-state index is -0.555. The highest BCUT2D eigenvalue weighted by Crippen LogP contribution is 2.36. The Morgan fingerprint density at radius 2 is 2.03 bits per heavy atom. The molecule has 3 aromatic carbocycles. The Labute approximate surface area is 190 Å². The van der Waals surface area contributed by atoms with Crippen LogP contribution in [0.2, 0.25) is 0 Å². The number of ether oxygens (including phenoxy) is 1. The lowest BCUT2D eigenvalue weighted by Crippen LogP contribution is -2.27. The van der Waals surface area contributed by atoms with Crippen LogP contribution in [0, 0.1) is 17.1 Å². The van der Waals surface area contributed by atoms with E-state index in [1.807, 2.05) is 42.5 Å². The number of aromatic amines is 1. The predicted molar refractivity (Wildman–Crippen MR) is 122 cm³/mol. The van der Waals surface area contributed by atoms with Crippen LogP contribution in [0.3, 0.4) is 0 Å². The largest absolute Gasteiger partial charge is 0.490 e. The zero-order chi connectivity index (χ0) is 22.9. The Morgan fingerprint density at radius 3 is 2.76 bits per heavy atom. The maximum absolute atomic E-state index is 14.8. The molecule has 164 valence electrons. The molecule has 1 fully saturated rings. The van der Waals surface area contributed by atoms with Gasteiger partial charge in [-0.25, -0.2) is 4.39 Å². The van der Waals surface area contributed by atoms with Crippen molar-refractivity contribution in [2.45, 2.75) is 25.5 Å². The van der Waals surface area contributed by atoms with Crippen LogP contribution in [0.5, 0.6) is 5.75 Å². The predicted octanol–water partition coefficient (Wildman–Crippen LogP) is 5.05. The van der Waals surface area contributed by atoms with Crippen LogP contribution in [-0.4, -0.2) is 34.2 Å². The number of nitrogens with zero attached hydrogens (tertiary/aromatic N) is 3. The lowest BCUT2D eigenvalue weighted by molar-refractivity contribution is 0.0784. The third-order valence-corrected chi connectivity index (χ3v) is 5.78. The minimum Gasteiger partial charge on any atom is -0.490 e. The summed E-state index contributed by atoms with van der Waals surface area (Å²) in [6.45, 7) is 0.0221. The number of amides is 1. The lowest BCUT2D eigenvalue weighted by atomic mass is 10.0. The summed E-state index contributed by atoms with van der Waals surface area (Å²) in [5, 5.41) is 16.5. The Kier molecular flexibility index (Phi) is 5.27. The van der Waals surface area contributed by atoms with E-state index in [2.05, 4.69) is 10.2 Å². The Balaban J connectivity index is 1.45. The van der Waals surface area contributed by atoms with Gasteiger partial charge >= 0.3 is 0 Å². The fraction of sp³-hybridized carbons (Fsp3) is 0.192. The first kappa shape index (κ1) is 20.7. The van der Waals surface area contributed by atoms with Crippen LogP contribution >= 0.6 is 0 Å². The van der Waals surface area contributed by atoms with E-state index in [9.17, 15) is 14.4 Å². The van der Waals surface area contributed by atoms with E-state index in [4.69, 9.17) is 4.74 Å². The standard InChI is InChI=1S/C26H21FN4O2/c1-31(15-22-23(27)11-18(13-28)21-14-29-30-25(21)22)26(32)17-7-10-20(16-5-3-2-4-6-16)24(12-17)33-19-8-9-19/h2-7,10-12,14,19H,8-9,15H2,1H3,(H,29,30). The van der Waals surface area contributed by atoms with Gasteiger partial charge in [-0.3, -0.25) is 9.89 Å². The van der Waals surface area contributed by atoms with Crippen LogP contribution in [0.4, 0.5) is 4.39 Å². The van der Waals surface area contributed by atoms with Gasteiger partial charge in [0.05, 0.1) is 36.0 Å². The average molecular weight is 440 g/mol. The number of hydrogen-bond acceptors (Lipinski definition) is 4. The van der Waals surface area contributed by atoms with Crippen molar-refractivity contribution in [1.29, 1.82) is 5.26 Å². The van der Waals surface area contributed by atoms with Gasteiger partial charge in [0.15, 0.2) is 0 Å². The molecule has 0 aliphatic heterocycles. The molecule has 4 aromatic rings. The second-order valence-corrected chi connectivity index (χ2v) is 8.21. The molecular formula is C26H21FN4O2. The number of carbonyl (C=O) groups excluding carboxylic acids is 1. The summed E-state index contributed by atoms with van der Waals surface area (Å²) in [5.74, 6) is -0.143. The molecule has 0 unspecified atom stereocenters. The van der Waals surface area contributed by atoms with Crippen molar-refractivity contribution >= 4 is 16.8 Å². The summed E-state index contributed by atoms with van der Waals surface area (Å²) in [7, 11) is 1.62. The number of aromatic nitrogens is 2. The van der Waals surface area contributed by atoms with Gasteiger partial charge in [-0.15, -0.1) is 0 Å². The van der Waals surface area contributed by atoms with Crippen molar-refractivity contribution in [2.24, 2.45) is 0 Å². The maximum atomic E-state index is 14.8.